The summed E-state index contributed by atoms with van der Waals surface area (Å²) in [4.78, 5) is 12.2. The SMILES string of the molecule is CC[C@@H](NC(=O)C1CCCC1)c1ccccc1C. The highest BCUT2D eigenvalue weighted by molar-refractivity contribution is 5.79. The molecule has 1 amide bonds. The van der Waals surface area contributed by atoms with Crippen molar-refractivity contribution in [1.82, 2.24) is 5.32 Å². The van der Waals surface area contributed by atoms with Crippen LogP contribution in [0.15, 0.2) is 24.3 Å². The van der Waals surface area contributed by atoms with E-state index in [4.69, 9.17) is 0 Å². The summed E-state index contributed by atoms with van der Waals surface area (Å²) < 4.78 is 0. The molecule has 1 fully saturated rings. The number of rotatable bonds is 4. The van der Waals surface area contributed by atoms with Gasteiger partial charge >= 0.3 is 0 Å². The molecule has 0 bridgehead atoms. The lowest BCUT2D eigenvalue weighted by Gasteiger charge is -2.21. The third kappa shape index (κ3) is 2.92. The molecule has 0 saturated heterocycles. The van der Waals surface area contributed by atoms with Crippen LogP contribution in [0, 0.1) is 12.8 Å². The lowest BCUT2D eigenvalue weighted by atomic mass is 9.98. The number of benzene rings is 1. The summed E-state index contributed by atoms with van der Waals surface area (Å²) in [5.74, 6) is 0.505. The van der Waals surface area contributed by atoms with Crippen molar-refractivity contribution in [3.8, 4) is 0 Å². The molecule has 0 heterocycles. The van der Waals surface area contributed by atoms with Crippen LogP contribution in [0.5, 0.6) is 0 Å². The molecule has 0 spiro atoms. The van der Waals surface area contributed by atoms with E-state index < -0.39 is 0 Å². The maximum Gasteiger partial charge on any atom is 0.223 e. The molecule has 1 N–H and O–H groups in total. The van der Waals surface area contributed by atoms with Crippen LogP contribution in [0.3, 0.4) is 0 Å². The Hall–Kier alpha value is -1.31. The molecule has 0 radical (unpaired) electrons. The third-order valence-corrected chi connectivity index (χ3v) is 4.01. The first-order chi connectivity index (χ1) is 8.72. The van der Waals surface area contributed by atoms with Gasteiger partial charge in [-0.05, 0) is 37.3 Å². The molecular formula is C16H23NO. The third-order valence-electron chi connectivity index (χ3n) is 4.01. The normalized spacial score (nSPS) is 17.7. The second-order valence-corrected chi connectivity index (χ2v) is 5.31. The molecule has 2 nitrogen and oxygen atoms in total. The summed E-state index contributed by atoms with van der Waals surface area (Å²) in [5, 5.41) is 3.23. The molecule has 0 aromatic heterocycles. The Morgan fingerprint density at radius 1 is 1.33 bits per heavy atom. The van der Waals surface area contributed by atoms with Crippen molar-refractivity contribution >= 4 is 5.91 Å². The molecule has 1 aromatic carbocycles. The van der Waals surface area contributed by atoms with Gasteiger partial charge in [0.05, 0.1) is 6.04 Å². The number of hydrogen-bond acceptors (Lipinski definition) is 1. The minimum atomic E-state index is 0.166. The van der Waals surface area contributed by atoms with Crippen molar-refractivity contribution in [2.45, 2.75) is 52.0 Å². The van der Waals surface area contributed by atoms with Crippen LogP contribution in [0.4, 0.5) is 0 Å². The standard InChI is InChI=1S/C16H23NO/c1-3-15(14-11-7-4-8-12(14)2)17-16(18)13-9-5-6-10-13/h4,7-8,11,13,15H,3,5-6,9-10H2,1-2H3,(H,17,18)/t15-/m1/s1. The van der Waals surface area contributed by atoms with Gasteiger partial charge in [0.25, 0.3) is 0 Å². The molecule has 0 aliphatic heterocycles. The van der Waals surface area contributed by atoms with Gasteiger partial charge < -0.3 is 5.32 Å². The fourth-order valence-corrected chi connectivity index (χ4v) is 2.86. The van der Waals surface area contributed by atoms with Crippen LogP contribution in [0.1, 0.15) is 56.2 Å². The Kier molecular flexibility index (Phi) is 4.40. The summed E-state index contributed by atoms with van der Waals surface area (Å²) in [6.45, 7) is 4.24. The number of carbonyl (C=O) groups excluding carboxylic acids is 1. The van der Waals surface area contributed by atoms with Gasteiger partial charge in [-0.15, -0.1) is 0 Å². The van der Waals surface area contributed by atoms with Crippen molar-refractivity contribution < 1.29 is 4.79 Å². The van der Waals surface area contributed by atoms with E-state index in [1.54, 1.807) is 0 Å². The molecule has 2 heteroatoms. The second-order valence-electron chi connectivity index (χ2n) is 5.31. The lowest BCUT2D eigenvalue weighted by Crippen LogP contribution is -2.33. The van der Waals surface area contributed by atoms with Gasteiger partial charge in [0.15, 0.2) is 0 Å². The Bertz CT molecular complexity index is 407. The summed E-state index contributed by atoms with van der Waals surface area (Å²) in [7, 11) is 0. The highest BCUT2D eigenvalue weighted by Crippen LogP contribution is 2.27. The zero-order valence-corrected chi connectivity index (χ0v) is 11.4. The first-order valence-corrected chi connectivity index (χ1v) is 7.08. The summed E-state index contributed by atoms with van der Waals surface area (Å²) in [6.07, 6.45) is 5.49. The van der Waals surface area contributed by atoms with Crippen molar-refractivity contribution in [2.75, 3.05) is 0 Å². The minimum absolute atomic E-state index is 0.166. The van der Waals surface area contributed by atoms with Crippen molar-refractivity contribution in [1.29, 1.82) is 0 Å². The van der Waals surface area contributed by atoms with Gasteiger partial charge in [-0.1, -0.05) is 44.0 Å². The van der Waals surface area contributed by atoms with E-state index in [2.05, 4.69) is 31.3 Å². The zero-order valence-electron chi connectivity index (χ0n) is 11.4. The minimum Gasteiger partial charge on any atom is -0.349 e. The molecule has 1 aliphatic carbocycles. The van der Waals surface area contributed by atoms with Crippen LogP contribution in [0.2, 0.25) is 0 Å². The number of nitrogens with one attached hydrogen (secondary N) is 1. The molecule has 0 unspecified atom stereocenters. The Morgan fingerprint density at radius 2 is 2.00 bits per heavy atom. The maximum atomic E-state index is 12.2. The molecule has 1 aliphatic rings. The van der Waals surface area contributed by atoms with Gasteiger partial charge in [-0.25, -0.2) is 0 Å². The molecule has 1 saturated carbocycles. The maximum absolute atomic E-state index is 12.2. The first-order valence-electron chi connectivity index (χ1n) is 7.08. The fourth-order valence-electron chi connectivity index (χ4n) is 2.86. The second kappa shape index (κ2) is 6.03. The number of hydrogen-bond donors (Lipinski definition) is 1. The molecule has 98 valence electrons. The van der Waals surface area contributed by atoms with E-state index in [0.717, 1.165) is 19.3 Å². The van der Waals surface area contributed by atoms with Crippen LogP contribution in [-0.2, 0) is 4.79 Å². The zero-order chi connectivity index (χ0) is 13.0. The van der Waals surface area contributed by atoms with Crippen molar-refractivity contribution in [3.05, 3.63) is 35.4 Å². The van der Waals surface area contributed by atoms with Crippen LogP contribution in [0.25, 0.3) is 0 Å². The molecule has 1 aromatic rings. The van der Waals surface area contributed by atoms with Gasteiger partial charge in [0.1, 0.15) is 0 Å². The van der Waals surface area contributed by atoms with Crippen LogP contribution in [-0.4, -0.2) is 5.91 Å². The average molecular weight is 245 g/mol. The van der Waals surface area contributed by atoms with E-state index in [-0.39, 0.29) is 17.9 Å². The van der Waals surface area contributed by atoms with Gasteiger partial charge in [0.2, 0.25) is 5.91 Å². The highest BCUT2D eigenvalue weighted by Gasteiger charge is 2.24. The van der Waals surface area contributed by atoms with E-state index in [1.165, 1.54) is 24.0 Å². The molecule has 1 atom stereocenters. The Balaban J connectivity index is 2.05. The predicted octanol–water partition coefficient (Wildman–Crippen LogP) is 3.75. The lowest BCUT2D eigenvalue weighted by molar-refractivity contribution is -0.125. The van der Waals surface area contributed by atoms with Gasteiger partial charge in [0, 0.05) is 5.92 Å². The van der Waals surface area contributed by atoms with Gasteiger partial charge in [-0.2, -0.15) is 0 Å². The van der Waals surface area contributed by atoms with Crippen LogP contribution < -0.4 is 5.32 Å². The van der Waals surface area contributed by atoms with E-state index in [0.29, 0.717) is 0 Å². The smallest absolute Gasteiger partial charge is 0.223 e. The monoisotopic (exact) mass is 245 g/mol. The summed E-state index contributed by atoms with van der Waals surface area (Å²) >= 11 is 0. The number of amides is 1. The molecular weight excluding hydrogens is 222 g/mol. The fraction of sp³-hybridized carbons (Fsp3) is 0.562. The molecule has 2 rings (SSSR count). The topological polar surface area (TPSA) is 29.1 Å². The van der Waals surface area contributed by atoms with Crippen molar-refractivity contribution in [3.63, 3.8) is 0 Å². The van der Waals surface area contributed by atoms with Gasteiger partial charge in [-0.3, -0.25) is 4.79 Å². The molecule has 18 heavy (non-hydrogen) atoms. The first kappa shape index (κ1) is 13.1. The number of aryl methyl sites for hydroxylation is 1. The average Bonchev–Trinajstić information content (AvgIpc) is 2.90. The van der Waals surface area contributed by atoms with Crippen LogP contribution >= 0.6 is 0 Å². The van der Waals surface area contributed by atoms with E-state index >= 15 is 0 Å². The number of carbonyl (C=O) groups is 1. The Morgan fingerprint density at radius 3 is 2.61 bits per heavy atom. The highest BCUT2D eigenvalue weighted by atomic mass is 16.1. The Labute approximate surface area is 110 Å². The quantitative estimate of drug-likeness (QED) is 0.860. The summed E-state index contributed by atoms with van der Waals surface area (Å²) in [6, 6.07) is 8.49. The summed E-state index contributed by atoms with van der Waals surface area (Å²) in [5.41, 5.74) is 2.52. The van der Waals surface area contributed by atoms with Crippen molar-refractivity contribution in [2.24, 2.45) is 5.92 Å². The predicted molar refractivity (Wildman–Crippen MR) is 74.3 cm³/mol. The van der Waals surface area contributed by atoms with E-state index in [9.17, 15) is 4.79 Å². The largest absolute Gasteiger partial charge is 0.349 e. The van der Waals surface area contributed by atoms with E-state index in [1.807, 2.05) is 12.1 Å².